The molecule has 0 radical (unpaired) electrons. The molecule has 4 heteroatoms. The number of carboxylic acids is 1. The van der Waals surface area contributed by atoms with Gasteiger partial charge in [0.1, 0.15) is 10.9 Å². The van der Waals surface area contributed by atoms with E-state index in [9.17, 15) is 15.2 Å². The summed E-state index contributed by atoms with van der Waals surface area (Å²) in [6.07, 6.45) is 0.649. The van der Waals surface area contributed by atoms with Crippen LogP contribution >= 0.6 is 11.3 Å². The van der Waals surface area contributed by atoms with Gasteiger partial charge in [0.05, 0.1) is 5.56 Å². The third-order valence-electron chi connectivity index (χ3n) is 3.89. The molecule has 2 aromatic carbocycles. The molecule has 0 fully saturated rings. The zero-order chi connectivity index (χ0) is 17.1. The molecule has 0 amide bonds. The van der Waals surface area contributed by atoms with E-state index in [1.165, 1.54) is 11.3 Å². The molecular weight excluding hydrogens is 318 g/mol. The molecule has 0 bridgehead atoms. The molecule has 3 aromatic rings. The van der Waals surface area contributed by atoms with Crippen LogP contribution in [0.4, 0.5) is 0 Å². The summed E-state index contributed by atoms with van der Waals surface area (Å²) in [6, 6.07) is 19.8. The summed E-state index contributed by atoms with van der Waals surface area (Å²) in [5.74, 6) is -0.988. The van der Waals surface area contributed by atoms with Crippen molar-refractivity contribution in [2.45, 2.75) is 13.3 Å². The summed E-state index contributed by atoms with van der Waals surface area (Å²) in [5.41, 5.74) is 3.93. The van der Waals surface area contributed by atoms with Gasteiger partial charge in [0.2, 0.25) is 0 Å². The van der Waals surface area contributed by atoms with E-state index in [0.717, 1.165) is 21.6 Å². The van der Waals surface area contributed by atoms with E-state index in [1.807, 2.05) is 61.5 Å². The fraction of sp³-hybridized carbons (Fsp3) is 0.100. The number of thiophene rings is 1. The fourth-order valence-electron chi connectivity index (χ4n) is 2.73. The predicted molar refractivity (Wildman–Crippen MR) is 96.2 cm³/mol. The van der Waals surface area contributed by atoms with Crippen LogP contribution in [0, 0.1) is 11.3 Å². The zero-order valence-corrected chi connectivity index (χ0v) is 13.9. The third kappa shape index (κ3) is 2.82. The van der Waals surface area contributed by atoms with Crippen molar-refractivity contribution in [2.75, 3.05) is 0 Å². The monoisotopic (exact) mass is 333 g/mol. The number of carbonyl (C=O) groups is 1. The zero-order valence-electron chi connectivity index (χ0n) is 13.1. The Bertz CT molecular complexity index is 919. The lowest BCUT2D eigenvalue weighted by Gasteiger charge is -2.05. The molecule has 3 rings (SSSR count). The lowest BCUT2D eigenvalue weighted by molar-refractivity contribution is 0.0703. The second-order valence-electron chi connectivity index (χ2n) is 5.32. The van der Waals surface area contributed by atoms with E-state index < -0.39 is 5.97 Å². The highest BCUT2D eigenvalue weighted by atomic mass is 32.1. The molecule has 0 aliphatic heterocycles. The van der Waals surface area contributed by atoms with Crippen molar-refractivity contribution in [2.24, 2.45) is 0 Å². The molecule has 3 nitrogen and oxygen atoms in total. The average molecular weight is 333 g/mol. The van der Waals surface area contributed by atoms with Crippen molar-refractivity contribution < 1.29 is 9.90 Å². The Balaban J connectivity index is 2.11. The molecule has 1 aromatic heterocycles. The first-order valence-electron chi connectivity index (χ1n) is 7.60. The van der Waals surface area contributed by atoms with Crippen LogP contribution in [0.3, 0.4) is 0 Å². The van der Waals surface area contributed by atoms with Gasteiger partial charge < -0.3 is 5.11 Å². The van der Waals surface area contributed by atoms with E-state index >= 15 is 0 Å². The number of aryl methyl sites for hydroxylation is 1. The third-order valence-corrected chi connectivity index (χ3v) is 5.21. The maximum Gasteiger partial charge on any atom is 0.346 e. The summed E-state index contributed by atoms with van der Waals surface area (Å²) in [7, 11) is 0. The molecule has 1 N–H and O–H groups in total. The van der Waals surface area contributed by atoms with Crippen LogP contribution in [-0.2, 0) is 6.42 Å². The van der Waals surface area contributed by atoms with Crippen LogP contribution in [0.15, 0.2) is 54.6 Å². The number of rotatable bonds is 4. The SMILES string of the molecule is CCc1sc(C(=O)O)c(-c2ccc(-c3ccccc3)cc2)c1C#N. The highest BCUT2D eigenvalue weighted by molar-refractivity contribution is 7.14. The Kier molecular flexibility index (Phi) is 4.45. The van der Waals surface area contributed by atoms with E-state index in [1.54, 1.807) is 0 Å². The first kappa shape index (κ1) is 16.0. The Morgan fingerprint density at radius 3 is 2.17 bits per heavy atom. The molecule has 24 heavy (non-hydrogen) atoms. The topological polar surface area (TPSA) is 61.1 Å². The van der Waals surface area contributed by atoms with Gasteiger partial charge in [0.25, 0.3) is 0 Å². The molecule has 0 saturated carbocycles. The van der Waals surface area contributed by atoms with Crippen molar-refractivity contribution in [3.8, 4) is 28.3 Å². The Labute approximate surface area is 144 Å². The first-order chi connectivity index (χ1) is 11.7. The largest absolute Gasteiger partial charge is 0.477 e. The van der Waals surface area contributed by atoms with Gasteiger partial charge in [-0.05, 0) is 23.1 Å². The quantitative estimate of drug-likeness (QED) is 0.712. The summed E-state index contributed by atoms with van der Waals surface area (Å²) in [5, 5.41) is 19.0. The molecule has 0 unspecified atom stereocenters. The highest BCUT2D eigenvalue weighted by Gasteiger charge is 2.22. The van der Waals surface area contributed by atoms with Gasteiger partial charge >= 0.3 is 5.97 Å². The van der Waals surface area contributed by atoms with E-state index in [4.69, 9.17) is 0 Å². The van der Waals surface area contributed by atoms with E-state index in [2.05, 4.69) is 6.07 Å². The standard InChI is InChI=1S/C20H15NO2S/c1-2-17-16(12-21)18(19(24-17)20(22)23)15-10-8-14(9-11-15)13-6-4-3-5-7-13/h3-11H,2H2,1H3,(H,22,23). The van der Waals surface area contributed by atoms with Crippen LogP contribution in [0.1, 0.15) is 27.0 Å². The minimum atomic E-state index is -0.988. The molecule has 0 atom stereocenters. The van der Waals surface area contributed by atoms with Crippen LogP contribution in [0.2, 0.25) is 0 Å². The van der Waals surface area contributed by atoms with Crippen molar-refractivity contribution in [1.29, 1.82) is 5.26 Å². The first-order valence-corrected chi connectivity index (χ1v) is 8.42. The summed E-state index contributed by atoms with van der Waals surface area (Å²) >= 11 is 1.19. The molecule has 0 spiro atoms. The van der Waals surface area contributed by atoms with Gasteiger partial charge in [-0.15, -0.1) is 11.3 Å². The molecule has 0 saturated heterocycles. The molecule has 118 valence electrons. The smallest absolute Gasteiger partial charge is 0.346 e. The Morgan fingerprint density at radius 2 is 1.62 bits per heavy atom. The van der Waals surface area contributed by atoms with E-state index in [-0.39, 0.29) is 4.88 Å². The van der Waals surface area contributed by atoms with Gasteiger partial charge in [-0.1, -0.05) is 61.5 Å². The van der Waals surface area contributed by atoms with Gasteiger partial charge in [-0.25, -0.2) is 4.79 Å². The van der Waals surface area contributed by atoms with Crippen LogP contribution in [0.5, 0.6) is 0 Å². The van der Waals surface area contributed by atoms with Crippen LogP contribution in [0.25, 0.3) is 22.3 Å². The Hall–Kier alpha value is -2.90. The normalized spacial score (nSPS) is 10.3. The summed E-state index contributed by atoms with van der Waals surface area (Å²) < 4.78 is 0. The second-order valence-corrected chi connectivity index (χ2v) is 6.42. The number of benzene rings is 2. The minimum absolute atomic E-state index is 0.232. The summed E-state index contributed by atoms with van der Waals surface area (Å²) in [4.78, 5) is 12.6. The fourth-order valence-corrected chi connectivity index (χ4v) is 3.78. The van der Waals surface area contributed by atoms with Crippen molar-refractivity contribution in [3.05, 3.63) is 69.9 Å². The van der Waals surface area contributed by atoms with Crippen LogP contribution in [-0.4, -0.2) is 11.1 Å². The second kappa shape index (κ2) is 6.69. The van der Waals surface area contributed by atoms with Crippen molar-refractivity contribution in [3.63, 3.8) is 0 Å². The van der Waals surface area contributed by atoms with Gasteiger partial charge in [-0.3, -0.25) is 0 Å². The number of hydrogen-bond acceptors (Lipinski definition) is 3. The minimum Gasteiger partial charge on any atom is -0.477 e. The molecule has 0 aliphatic carbocycles. The number of nitriles is 1. The lowest BCUT2D eigenvalue weighted by Crippen LogP contribution is -1.95. The molecular formula is C20H15NO2S. The highest BCUT2D eigenvalue weighted by Crippen LogP contribution is 2.37. The number of aromatic carboxylic acids is 1. The average Bonchev–Trinajstić information content (AvgIpc) is 3.01. The predicted octanol–water partition coefficient (Wildman–Crippen LogP) is 5.21. The Morgan fingerprint density at radius 1 is 1.04 bits per heavy atom. The van der Waals surface area contributed by atoms with Gasteiger partial charge in [-0.2, -0.15) is 5.26 Å². The number of nitrogens with zero attached hydrogens (tertiary/aromatic N) is 1. The maximum atomic E-state index is 11.6. The van der Waals surface area contributed by atoms with Gasteiger partial charge in [0.15, 0.2) is 0 Å². The number of carboxylic acid groups (broad SMARTS) is 1. The van der Waals surface area contributed by atoms with E-state index in [0.29, 0.717) is 17.5 Å². The molecule has 1 heterocycles. The maximum absolute atomic E-state index is 11.6. The van der Waals surface area contributed by atoms with Crippen molar-refractivity contribution in [1.82, 2.24) is 0 Å². The number of hydrogen-bond donors (Lipinski definition) is 1. The van der Waals surface area contributed by atoms with Gasteiger partial charge in [0, 0.05) is 10.4 Å². The van der Waals surface area contributed by atoms with Crippen LogP contribution < -0.4 is 0 Å². The van der Waals surface area contributed by atoms with Crippen molar-refractivity contribution >= 4 is 17.3 Å². The summed E-state index contributed by atoms with van der Waals surface area (Å²) in [6.45, 7) is 1.93. The lowest BCUT2D eigenvalue weighted by atomic mass is 9.97. The molecule has 0 aliphatic rings.